The Bertz CT molecular complexity index is 1220. The highest BCUT2D eigenvalue weighted by molar-refractivity contribution is 6.04. The minimum Gasteiger partial charge on any atom is -0.475 e. The first-order chi connectivity index (χ1) is 16.1. The Morgan fingerprint density at radius 2 is 1.97 bits per heavy atom. The number of aliphatic carboxylic acids is 1. The number of alkyl halides is 3. The molecule has 3 N–H and O–H groups in total. The molecule has 3 aromatic heterocycles. The van der Waals surface area contributed by atoms with Crippen LogP contribution in [-0.2, 0) is 11.8 Å². The number of nitriles is 1. The van der Waals surface area contributed by atoms with Crippen LogP contribution in [0, 0.1) is 11.3 Å². The first kappa shape index (κ1) is 24.5. The Labute approximate surface area is 190 Å². The summed E-state index contributed by atoms with van der Waals surface area (Å²) in [4.78, 5) is 28.2. The van der Waals surface area contributed by atoms with Crippen molar-refractivity contribution in [2.75, 3.05) is 36.4 Å². The fraction of sp³-hybridized carbons (Fsp3) is 0.368. The van der Waals surface area contributed by atoms with Crippen LogP contribution in [0.4, 0.5) is 24.8 Å². The molecule has 0 aliphatic carbocycles. The first-order valence-corrected chi connectivity index (χ1v) is 9.96. The Balaban J connectivity index is 0.000000406. The molecule has 1 amide bonds. The van der Waals surface area contributed by atoms with Gasteiger partial charge in [0.15, 0.2) is 5.69 Å². The minimum absolute atomic E-state index is 0.166. The number of carboxylic acids is 1. The summed E-state index contributed by atoms with van der Waals surface area (Å²) in [5, 5.41) is 30.9. The van der Waals surface area contributed by atoms with Gasteiger partial charge in [-0.05, 0) is 25.1 Å². The van der Waals surface area contributed by atoms with Gasteiger partial charge in [-0.1, -0.05) is 0 Å². The lowest BCUT2D eigenvalue weighted by Gasteiger charge is -2.19. The van der Waals surface area contributed by atoms with Crippen molar-refractivity contribution in [2.24, 2.45) is 7.05 Å². The zero-order valence-corrected chi connectivity index (χ0v) is 17.9. The van der Waals surface area contributed by atoms with E-state index in [1.807, 2.05) is 6.07 Å². The van der Waals surface area contributed by atoms with Gasteiger partial charge in [-0.15, -0.1) is 5.10 Å². The van der Waals surface area contributed by atoms with Gasteiger partial charge in [0.05, 0.1) is 17.4 Å². The molecule has 4 heterocycles. The van der Waals surface area contributed by atoms with Crippen molar-refractivity contribution in [3.63, 3.8) is 0 Å². The van der Waals surface area contributed by atoms with Crippen molar-refractivity contribution in [2.45, 2.75) is 12.6 Å². The average molecular weight is 479 g/mol. The number of halogens is 3. The summed E-state index contributed by atoms with van der Waals surface area (Å²) < 4.78 is 34.8. The summed E-state index contributed by atoms with van der Waals surface area (Å²) in [6.45, 7) is 3.53. The van der Waals surface area contributed by atoms with Crippen molar-refractivity contribution in [3.05, 3.63) is 35.9 Å². The van der Waals surface area contributed by atoms with Gasteiger partial charge in [0.2, 0.25) is 5.95 Å². The standard InChI is InChI=1S/C17H19N9O.C2HF3O2/c1-24-11-14(13(9-18)22-24)21-16(27)15-4-3-12-10-20-17(23-26(12)15)25-7-2-5-19-6-8-25;3-2(4,5)1(6)7/h3-4,10-11,19H,2,5-8H2,1H3,(H,21,27);(H,6,7). The summed E-state index contributed by atoms with van der Waals surface area (Å²) in [6.07, 6.45) is -0.766. The van der Waals surface area contributed by atoms with Crippen LogP contribution in [-0.4, -0.2) is 73.7 Å². The molecule has 0 radical (unpaired) electrons. The maximum Gasteiger partial charge on any atom is 0.490 e. The highest BCUT2D eigenvalue weighted by atomic mass is 19.4. The first-order valence-electron chi connectivity index (χ1n) is 9.96. The van der Waals surface area contributed by atoms with Crippen LogP contribution in [0.15, 0.2) is 24.5 Å². The van der Waals surface area contributed by atoms with Crippen LogP contribution >= 0.6 is 0 Å². The van der Waals surface area contributed by atoms with Crippen molar-refractivity contribution < 1.29 is 27.9 Å². The number of nitrogens with one attached hydrogen (secondary N) is 2. The minimum atomic E-state index is -5.08. The van der Waals surface area contributed by atoms with Crippen molar-refractivity contribution >= 4 is 29.0 Å². The predicted molar refractivity (Wildman–Crippen MR) is 112 cm³/mol. The van der Waals surface area contributed by atoms with Crippen LogP contribution < -0.4 is 15.5 Å². The lowest BCUT2D eigenvalue weighted by Crippen LogP contribution is -2.30. The van der Waals surface area contributed by atoms with Crippen molar-refractivity contribution in [1.82, 2.24) is 29.7 Å². The summed E-state index contributed by atoms with van der Waals surface area (Å²) in [5.74, 6) is -2.52. The second-order valence-corrected chi connectivity index (χ2v) is 7.14. The molecular formula is C19H20F3N9O3. The van der Waals surface area contributed by atoms with Crippen LogP contribution in [0.25, 0.3) is 5.52 Å². The van der Waals surface area contributed by atoms with E-state index in [-0.39, 0.29) is 11.6 Å². The third kappa shape index (κ3) is 5.78. The second kappa shape index (κ2) is 10.2. The number of hydrogen-bond acceptors (Lipinski definition) is 8. The normalized spacial score (nSPS) is 14.0. The molecule has 0 bridgehead atoms. The van der Waals surface area contributed by atoms with Gasteiger partial charge in [-0.25, -0.2) is 14.3 Å². The molecule has 1 aliphatic heterocycles. The number of carbonyl (C=O) groups is 2. The predicted octanol–water partition coefficient (Wildman–Crippen LogP) is 1.02. The molecule has 0 spiro atoms. The van der Waals surface area contributed by atoms with Gasteiger partial charge in [-0.3, -0.25) is 9.48 Å². The number of aryl methyl sites for hydroxylation is 1. The SMILES string of the molecule is Cn1cc(NC(=O)c2ccc3cnc(N4CCCNCC4)nn23)c(C#N)n1.O=C(O)C(F)(F)F. The molecule has 0 atom stereocenters. The second-order valence-electron chi connectivity index (χ2n) is 7.14. The zero-order valence-electron chi connectivity index (χ0n) is 17.9. The molecule has 0 saturated carbocycles. The fourth-order valence-electron chi connectivity index (χ4n) is 3.10. The van der Waals surface area contributed by atoms with Crippen LogP contribution in [0.5, 0.6) is 0 Å². The van der Waals surface area contributed by atoms with E-state index in [2.05, 4.69) is 30.7 Å². The molecule has 1 aliphatic rings. The molecule has 1 fully saturated rings. The Morgan fingerprint density at radius 3 is 2.65 bits per heavy atom. The van der Waals surface area contributed by atoms with E-state index >= 15 is 0 Å². The van der Waals surface area contributed by atoms with Gasteiger partial charge in [0, 0.05) is 32.9 Å². The Hall–Kier alpha value is -4.19. The number of aromatic nitrogens is 5. The summed E-state index contributed by atoms with van der Waals surface area (Å²) in [7, 11) is 1.69. The van der Waals surface area contributed by atoms with E-state index in [0.717, 1.165) is 38.1 Å². The molecule has 4 rings (SSSR count). The topological polar surface area (TPSA) is 153 Å². The maximum absolute atomic E-state index is 12.7. The zero-order chi connectivity index (χ0) is 24.9. The highest BCUT2D eigenvalue weighted by Crippen LogP contribution is 2.17. The van der Waals surface area contributed by atoms with Crippen LogP contribution in [0.2, 0.25) is 0 Å². The van der Waals surface area contributed by atoms with E-state index in [0.29, 0.717) is 17.3 Å². The maximum atomic E-state index is 12.7. The Kier molecular flexibility index (Phi) is 7.31. The Morgan fingerprint density at radius 1 is 1.24 bits per heavy atom. The molecule has 15 heteroatoms. The number of amides is 1. The largest absolute Gasteiger partial charge is 0.490 e. The average Bonchev–Trinajstić information content (AvgIpc) is 3.24. The van der Waals surface area contributed by atoms with Crippen molar-refractivity contribution in [1.29, 1.82) is 5.26 Å². The molecule has 34 heavy (non-hydrogen) atoms. The lowest BCUT2D eigenvalue weighted by atomic mass is 10.3. The van der Waals surface area contributed by atoms with Crippen LogP contribution in [0.3, 0.4) is 0 Å². The summed E-state index contributed by atoms with van der Waals surface area (Å²) in [5.41, 5.74) is 1.63. The number of carbonyl (C=O) groups excluding carboxylic acids is 1. The quantitative estimate of drug-likeness (QED) is 0.500. The third-order valence-electron chi connectivity index (χ3n) is 4.67. The van der Waals surface area contributed by atoms with E-state index in [1.54, 1.807) is 36.1 Å². The van der Waals surface area contributed by atoms with Gasteiger partial charge < -0.3 is 20.6 Å². The van der Waals surface area contributed by atoms with Gasteiger partial charge in [-0.2, -0.15) is 23.5 Å². The van der Waals surface area contributed by atoms with Gasteiger partial charge in [0.1, 0.15) is 11.8 Å². The number of carboxylic acid groups (broad SMARTS) is 1. The van der Waals surface area contributed by atoms with Crippen LogP contribution in [0.1, 0.15) is 22.6 Å². The van der Waals surface area contributed by atoms with E-state index < -0.39 is 12.1 Å². The van der Waals surface area contributed by atoms with Gasteiger partial charge >= 0.3 is 12.1 Å². The number of fused-ring (bicyclic) bond motifs is 1. The molecule has 180 valence electrons. The fourth-order valence-corrected chi connectivity index (χ4v) is 3.10. The number of hydrogen-bond donors (Lipinski definition) is 3. The molecule has 12 nitrogen and oxygen atoms in total. The third-order valence-corrected chi connectivity index (χ3v) is 4.67. The van der Waals surface area contributed by atoms with Crippen molar-refractivity contribution in [3.8, 4) is 6.07 Å². The summed E-state index contributed by atoms with van der Waals surface area (Å²) >= 11 is 0. The molecule has 1 saturated heterocycles. The number of nitrogens with zero attached hydrogens (tertiary/aromatic N) is 7. The molecular weight excluding hydrogens is 459 g/mol. The smallest absolute Gasteiger partial charge is 0.475 e. The number of rotatable bonds is 3. The molecule has 0 aromatic carbocycles. The lowest BCUT2D eigenvalue weighted by molar-refractivity contribution is -0.192. The van der Waals surface area contributed by atoms with Gasteiger partial charge in [0.25, 0.3) is 5.91 Å². The monoisotopic (exact) mass is 479 g/mol. The van der Waals surface area contributed by atoms with E-state index in [9.17, 15) is 18.0 Å². The highest BCUT2D eigenvalue weighted by Gasteiger charge is 2.38. The molecule has 0 unspecified atom stereocenters. The number of anilines is 2. The van der Waals surface area contributed by atoms with E-state index in [1.165, 1.54) is 4.68 Å². The van der Waals surface area contributed by atoms with E-state index in [4.69, 9.17) is 15.2 Å². The summed E-state index contributed by atoms with van der Waals surface area (Å²) in [6, 6.07) is 5.45. The molecule has 3 aromatic rings.